The van der Waals surface area contributed by atoms with Crippen LogP contribution in [0.1, 0.15) is 20.8 Å². The van der Waals surface area contributed by atoms with Crippen LogP contribution in [-0.2, 0) is 9.05 Å². The van der Waals surface area contributed by atoms with Gasteiger partial charge in [-0.25, -0.2) is 0 Å². The van der Waals surface area contributed by atoms with E-state index in [1.165, 1.54) is 0 Å². The van der Waals surface area contributed by atoms with E-state index in [2.05, 4.69) is 0 Å². The Morgan fingerprint density at radius 2 is 2.00 bits per heavy atom. The lowest BCUT2D eigenvalue weighted by atomic mass is 9.94. The molecule has 1 aliphatic rings. The predicted octanol–water partition coefficient (Wildman–Crippen LogP) is 1.11. The van der Waals surface area contributed by atoms with E-state index >= 15 is 0 Å². The summed E-state index contributed by atoms with van der Waals surface area (Å²) in [6.07, 6.45) is 0. The van der Waals surface area contributed by atoms with E-state index in [0.717, 1.165) is 0 Å². The fraction of sp³-hybridized carbons (Fsp3) is 1.00. The second-order valence-electron chi connectivity index (χ2n) is 3.32. The maximum absolute atomic E-state index is 9.00. The number of rotatable bonds is 1. The molecule has 0 aromatic rings. The Morgan fingerprint density at radius 1 is 1.45 bits per heavy atom. The smallest absolute Gasteiger partial charge is 0.168 e. The molecule has 2 N–H and O–H groups in total. The zero-order chi connectivity index (χ0) is 8.70. The standard InChI is InChI=1S/C6H14O4P/c1-5(2)6(3)4-9-11(7,8)10-6/h5,7-8H,4H2,1-3H3/q+1. The molecule has 1 fully saturated rings. The van der Waals surface area contributed by atoms with Crippen molar-refractivity contribution in [1.82, 2.24) is 0 Å². The van der Waals surface area contributed by atoms with Gasteiger partial charge < -0.3 is 0 Å². The highest BCUT2D eigenvalue weighted by Gasteiger charge is 2.58. The molecule has 0 aromatic heterocycles. The molecule has 66 valence electrons. The summed E-state index contributed by atoms with van der Waals surface area (Å²) in [7, 11) is -3.47. The molecule has 4 nitrogen and oxygen atoms in total. The van der Waals surface area contributed by atoms with E-state index in [1.807, 2.05) is 20.8 Å². The molecule has 11 heavy (non-hydrogen) atoms. The summed E-state index contributed by atoms with van der Waals surface area (Å²) < 4.78 is 9.71. The highest BCUT2D eigenvalue weighted by molar-refractivity contribution is 7.54. The number of hydrogen-bond donors (Lipinski definition) is 2. The predicted molar refractivity (Wildman–Crippen MR) is 41.6 cm³/mol. The van der Waals surface area contributed by atoms with Crippen LogP contribution in [0.2, 0.25) is 0 Å². The molecule has 5 heteroatoms. The van der Waals surface area contributed by atoms with Crippen LogP contribution in [0.15, 0.2) is 0 Å². The van der Waals surface area contributed by atoms with Crippen molar-refractivity contribution in [1.29, 1.82) is 0 Å². The minimum absolute atomic E-state index is 0.212. The van der Waals surface area contributed by atoms with Gasteiger partial charge in [-0.15, -0.1) is 4.52 Å². The van der Waals surface area contributed by atoms with Gasteiger partial charge in [0.15, 0.2) is 0 Å². The quantitative estimate of drug-likeness (QED) is 0.595. The van der Waals surface area contributed by atoms with Crippen molar-refractivity contribution >= 4 is 8.17 Å². The Kier molecular flexibility index (Phi) is 2.25. The third-order valence-corrected chi connectivity index (χ3v) is 3.19. The molecule has 0 bridgehead atoms. The topological polar surface area (TPSA) is 58.9 Å². The van der Waals surface area contributed by atoms with Crippen molar-refractivity contribution in [2.24, 2.45) is 5.92 Å². The summed E-state index contributed by atoms with van der Waals surface area (Å²) in [5, 5.41) is 0. The fourth-order valence-electron chi connectivity index (χ4n) is 0.809. The molecule has 1 rings (SSSR count). The first kappa shape index (κ1) is 9.36. The molecule has 0 saturated carbocycles. The fourth-order valence-corrected chi connectivity index (χ4v) is 2.09. The highest BCUT2D eigenvalue weighted by atomic mass is 31.2. The van der Waals surface area contributed by atoms with Crippen LogP contribution in [-0.4, -0.2) is 22.0 Å². The van der Waals surface area contributed by atoms with Crippen LogP contribution in [0.25, 0.3) is 0 Å². The molecule has 0 aromatic carbocycles. The summed E-state index contributed by atoms with van der Waals surface area (Å²) in [5.41, 5.74) is -0.544. The van der Waals surface area contributed by atoms with Crippen molar-refractivity contribution in [2.45, 2.75) is 26.4 Å². The zero-order valence-electron chi connectivity index (χ0n) is 6.94. The van der Waals surface area contributed by atoms with Crippen molar-refractivity contribution in [2.75, 3.05) is 6.61 Å². The normalized spacial score (nSPS) is 36.5. The Balaban J connectivity index is 2.65. The summed E-state index contributed by atoms with van der Waals surface area (Å²) in [6, 6.07) is 0. The molecule has 1 unspecified atom stereocenters. The SMILES string of the molecule is CC(C)C1(C)CO[P+](O)(O)O1. The van der Waals surface area contributed by atoms with Crippen molar-refractivity contribution in [3.63, 3.8) is 0 Å². The van der Waals surface area contributed by atoms with E-state index in [0.29, 0.717) is 0 Å². The summed E-state index contributed by atoms with van der Waals surface area (Å²) in [4.78, 5) is 18.0. The van der Waals surface area contributed by atoms with E-state index in [1.54, 1.807) is 0 Å². The maximum atomic E-state index is 9.00. The molecule has 0 amide bonds. The molecular formula is C6H14O4P+. The van der Waals surface area contributed by atoms with E-state index in [4.69, 9.17) is 18.8 Å². The molecule has 0 spiro atoms. The van der Waals surface area contributed by atoms with Gasteiger partial charge >= 0.3 is 8.17 Å². The van der Waals surface area contributed by atoms with Gasteiger partial charge in [0, 0.05) is 0 Å². The molecule has 0 aliphatic carbocycles. The van der Waals surface area contributed by atoms with Gasteiger partial charge in [0.05, 0.1) is 0 Å². The van der Waals surface area contributed by atoms with E-state index < -0.39 is 13.8 Å². The van der Waals surface area contributed by atoms with E-state index in [-0.39, 0.29) is 12.5 Å². The monoisotopic (exact) mass is 181 g/mol. The van der Waals surface area contributed by atoms with Crippen LogP contribution in [0.5, 0.6) is 0 Å². The van der Waals surface area contributed by atoms with Crippen LogP contribution in [0.3, 0.4) is 0 Å². The first-order valence-corrected chi connectivity index (χ1v) is 5.09. The minimum Gasteiger partial charge on any atom is -0.168 e. The summed E-state index contributed by atoms with van der Waals surface area (Å²) >= 11 is 0. The molecular weight excluding hydrogens is 167 g/mol. The average molecular weight is 181 g/mol. The molecule has 0 radical (unpaired) electrons. The Hall–Kier alpha value is 0.270. The molecule has 1 saturated heterocycles. The average Bonchev–Trinajstić information content (AvgIpc) is 2.08. The molecule has 1 aliphatic heterocycles. The van der Waals surface area contributed by atoms with Gasteiger partial charge in [-0.2, -0.15) is 14.3 Å². The van der Waals surface area contributed by atoms with Crippen LogP contribution < -0.4 is 0 Å². The lowest BCUT2D eigenvalue weighted by molar-refractivity contribution is 0.0517. The van der Waals surface area contributed by atoms with Gasteiger partial charge in [0.25, 0.3) is 0 Å². The van der Waals surface area contributed by atoms with Gasteiger partial charge in [-0.05, 0) is 12.8 Å². The second kappa shape index (κ2) is 2.64. The van der Waals surface area contributed by atoms with Crippen molar-refractivity contribution < 1.29 is 18.8 Å². The number of hydrogen-bond acceptors (Lipinski definition) is 4. The summed E-state index contributed by atoms with van der Waals surface area (Å²) in [6.45, 7) is 5.97. The third-order valence-electron chi connectivity index (χ3n) is 2.07. The first-order chi connectivity index (χ1) is 4.86. The summed E-state index contributed by atoms with van der Waals surface area (Å²) in [5.74, 6) is 0.212. The lowest BCUT2D eigenvalue weighted by Crippen LogP contribution is -2.33. The third kappa shape index (κ3) is 1.89. The molecule has 1 atom stereocenters. The molecule has 1 heterocycles. The Bertz CT molecular complexity index is 159. The van der Waals surface area contributed by atoms with E-state index in [9.17, 15) is 0 Å². The van der Waals surface area contributed by atoms with Crippen LogP contribution >= 0.6 is 8.17 Å². The maximum Gasteiger partial charge on any atom is 0.570 e. The van der Waals surface area contributed by atoms with Crippen molar-refractivity contribution in [3.05, 3.63) is 0 Å². The Morgan fingerprint density at radius 3 is 2.18 bits per heavy atom. The van der Waals surface area contributed by atoms with Gasteiger partial charge in [0.2, 0.25) is 0 Å². The largest absolute Gasteiger partial charge is 0.570 e. The van der Waals surface area contributed by atoms with Gasteiger partial charge in [-0.1, -0.05) is 13.8 Å². The van der Waals surface area contributed by atoms with Crippen LogP contribution in [0.4, 0.5) is 0 Å². The first-order valence-electron chi connectivity index (χ1n) is 3.55. The van der Waals surface area contributed by atoms with Gasteiger partial charge in [0.1, 0.15) is 12.2 Å². The second-order valence-corrected chi connectivity index (χ2v) is 4.74. The van der Waals surface area contributed by atoms with Gasteiger partial charge in [-0.3, -0.25) is 0 Å². The lowest BCUT2D eigenvalue weighted by Gasteiger charge is -2.20. The highest BCUT2D eigenvalue weighted by Crippen LogP contribution is 2.62. The zero-order valence-corrected chi connectivity index (χ0v) is 7.84. The van der Waals surface area contributed by atoms with Crippen LogP contribution in [0, 0.1) is 5.92 Å². The van der Waals surface area contributed by atoms with Crippen molar-refractivity contribution in [3.8, 4) is 0 Å². The minimum atomic E-state index is -3.47. The Labute approximate surface area is 66.8 Å².